The summed E-state index contributed by atoms with van der Waals surface area (Å²) >= 11 is 0. The van der Waals surface area contributed by atoms with Crippen molar-refractivity contribution in [3.05, 3.63) is 12.2 Å². The van der Waals surface area contributed by atoms with E-state index in [0.717, 1.165) is 57.8 Å². The minimum atomic E-state index is -0.762. The lowest BCUT2D eigenvalue weighted by atomic mass is 10.0. The molecule has 6 nitrogen and oxygen atoms in total. The second-order valence-electron chi connectivity index (χ2n) is 22.0. The van der Waals surface area contributed by atoms with Crippen LogP contribution in [0.5, 0.6) is 0 Å². The number of ether oxygens (including phenoxy) is 3. The Morgan fingerprint density at radius 1 is 0.268 bits per heavy atom. The highest BCUT2D eigenvalue weighted by Gasteiger charge is 2.19. The summed E-state index contributed by atoms with van der Waals surface area (Å²) < 4.78 is 16.8. The van der Waals surface area contributed by atoms with Crippen molar-refractivity contribution in [1.82, 2.24) is 0 Å². The van der Waals surface area contributed by atoms with Gasteiger partial charge in [0.15, 0.2) is 6.10 Å². The maximum absolute atomic E-state index is 12.8. The van der Waals surface area contributed by atoms with Gasteiger partial charge in [0.05, 0.1) is 0 Å². The van der Waals surface area contributed by atoms with Gasteiger partial charge in [0, 0.05) is 19.3 Å². The number of carbonyl (C=O) groups is 3. The van der Waals surface area contributed by atoms with Crippen LogP contribution in [0.2, 0.25) is 0 Å². The summed E-state index contributed by atoms with van der Waals surface area (Å²) in [5.41, 5.74) is 0. The van der Waals surface area contributed by atoms with Crippen molar-refractivity contribution in [3.63, 3.8) is 0 Å². The van der Waals surface area contributed by atoms with Gasteiger partial charge in [0.1, 0.15) is 13.2 Å². The molecule has 0 saturated carbocycles. The molecule has 1 unspecified atom stereocenters. The van der Waals surface area contributed by atoms with Crippen LogP contribution in [0, 0.1) is 0 Å². The molecule has 0 amide bonds. The fraction of sp³-hybridized carbons (Fsp3) is 0.923. The van der Waals surface area contributed by atoms with Crippen molar-refractivity contribution >= 4 is 17.9 Å². The summed E-state index contributed by atoms with van der Waals surface area (Å²) in [4.78, 5) is 38.0. The van der Waals surface area contributed by atoms with Crippen molar-refractivity contribution in [3.8, 4) is 0 Å². The topological polar surface area (TPSA) is 78.9 Å². The third kappa shape index (κ3) is 58.9. The molecule has 6 heteroatoms. The average Bonchev–Trinajstić information content (AvgIpc) is 3.37. The molecular formula is C65H124O6. The second-order valence-corrected chi connectivity index (χ2v) is 22.0. The molecule has 0 rings (SSSR count). The molecule has 0 heterocycles. The smallest absolute Gasteiger partial charge is 0.306 e. The number of unbranched alkanes of at least 4 members (excludes halogenated alkanes) is 47. The lowest BCUT2D eigenvalue weighted by Crippen LogP contribution is -2.30. The van der Waals surface area contributed by atoms with E-state index in [-0.39, 0.29) is 31.1 Å². The number of esters is 3. The van der Waals surface area contributed by atoms with Gasteiger partial charge in [-0.05, 0) is 44.9 Å². The number of carbonyl (C=O) groups excluding carboxylic acids is 3. The van der Waals surface area contributed by atoms with E-state index in [4.69, 9.17) is 14.2 Å². The Bertz CT molecular complexity index is 1100. The van der Waals surface area contributed by atoms with Crippen LogP contribution in [0.3, 0.4) is 0 Å². The monoisotopic (exact) mass is 1000 g/mol. The summed E-state index contributed by atoms with van der Waals surface area (Å²) in [5.74, 6) is -0.847. The Morgan fingerprint density at radius 2 is 0.465 bits per heavy atom. The molecule has 0 fully saturated rings. The van der Waals surface area contributed by atoms with Gasteiger partial charge in [-0.2, -0.15) is 0 Å². The van der Waals surface area contributed by atoms with E-state index in [1.165, 1.54) is 270 Å². The number of rotatable bonds is 60. The van der Waals surface area contributed by atoms with Crippen molar-refractivity contribution in [1.29, 1.82) is 0 Å². The standard InChI is InChI=1S/C65H124O6/c1-4-7-10-13-16-18-20-22-24-26-28-29-30-31-32-33-34-35-36-37-38-40-41-43-45-47-49-52-55-58-64(67)70-61-62(60-69-63(66)57-54-51-15-12-9-6-3)71-65(68)59-56-53-50-48-46-44-42-39-27-25-23-21-19-17-14-11-8-5-2/h26,28,62H,4-25,27,29-61H2,1-3H3/b28-26-. The van der Waals surface area contributed by atoms with Crippen LogP contribution in [-0.4, -0.2) is 37.2 Å². The van der Waals surface area contributed by atoms with E-state index >= 15 is 0 Å². The molecule has 71 heavy (non-hydrogen) atoms. The van der Waals surface area contributed by atoms with Crippen molar-refractivity contribution < 1.29 is 28.6 Å². The normalized spacial score (nSPS) is 12.0. The van der Waals surface area contributed by atoms with Crippen LogP contribution in [0.15, 0.2) is 12.2 Å². The van der Waals surface area contributed by atoms with Crippen molar-refractivity contribution in [2.75, 3.05) is 13.2 Å². The van der Waals surface area contributed by atoms with E-state index in [2.05, 4.69) is 32.9 Å². The van der Waals surface area contributed by atoms with Gasteiger partial charge in [-0.25, -0.2) is 0 Å². The lowest BCUT2D eigenvalue weighted by Gasteiger charge is -2.18. The average molecular weight is 1000 g/mol. The molecule has 0 radical (unpaired) electrons. The first kappa shape index (κ1) is 69.2. The molecule has 0 saturated heterocycles. The van der Waals surface area contributed by atoms with Gasteiger partial charge < -0.3 is 14.2 Å². The van der Waals surface area contributed by atoms with Crippen LogP contribution in [0.1, 0.15) is 367 Å². The van der Waals surface area contributed by atoms with Crippen LogP contribution in [0.25, 0.3) is 0 Å². The van der Waals surface area contributed by atoms with Gasteiger partial charge in [0.2, 0.25) is 0 Å². The highest BCUT2D eigenvalue weighted by Crippen LogP contribution is 2.18. The second kappa shape index (κ2) is 60.7. The van der Waals surface area contributed by atoms with E-state index in [0.29, 0.717) is 19.3 Å². The molecule has 0 spiro atoms. The SMILES string of the molecule is CCCCCCCCCC/C=C\CCCCCCCCCCCCCCCCCCCC(=O)OCC(COC(=O)CCCCCCCC)OC(=O)CCCCCCCCCCCCCCCCCCCC. The molecule has 0 aliphatic carbocycles. The predicted molar refractivity (Wildman–Crippen MR) is 307 cm³/mol. The highest BCUT2D eigenvalue weighted by atomic mass is 16.6. The Morgan fingerprint density at radius 3 is 0.704 bits per heavy atom. The molecule has 0 bridgehead atoms. The van der Waals surface area contributed by atoms with Crippen molar-refractivity contribution in [2.45, 2.75) is 374 Å². The minimum absolute atomic E-state index is 0.0638. The Kier molecular flexibility index (Phi) is 59.1. The molecule has 0 aliphatic rings. The van der Waals surface area contributed by atoms with Crippen LogP contribution >= 0.6 is 0 Å². The molecule has 420 valence electrons. The summed E-state index contributed by atoms with van der Waals surface area (Å²) in [6.07, 6.45) is 71.3. The zero-order chi connectivity index (χ0) is 51.4. The number of hydrogen-bond acceptors (Lipinski definition) is 6. The number of hydrogen-bond donors (Lipinski definition) is 0. The van der Waals surface area contributed by atoms with Crippen LogP contribution in [0.4, 0.5) is 0 Å². The Labute approximate surface area is 443 Å². The van der Waals surface area contributed by atoms with E-state index in [1.807, 2.05) is 0 Å². The van der Waals surface area contributed by atoms with Gasteiger partial charge in [-0.1, -0.05) is 315 Å². The molecule has 0 N–H and O–H groups in total. The molecule has 0 aromatic carbocycles. The summed E-state index contributed by atoms with van der Waals surface area (Å²) in [5, 5.41) is 0. The fourth-order valence-electron chi connectivity index (χ4n) is 9.91. The van der Waals surface area contributed by atoms with Crippen molar-refractivity contribution in [2.24, 2.45) is 0 Å². The number of allylic oxidation sites excluding steroid dienone is 2. The van der Waals surface area contributed by atoms with Crippen LogP contribution in [-0.2, 0) is 28.6 Å². The lowest BCUT2D eigenvalue weighted by molar-refractivity contribution is -0.167. The molecule has 0 aromatic heterocycles. The van der Waals surface area contributed by atoms with Gasteiger partial charge in [0.25, 0.3) is 0 Å². The Balaban J connectivity index is 3.97. The first-order valence-corrected chi connectivity index (χ1v) is 32.2. The first-order chi connectivity index (χ1) is 35.0. The molecule has 0 aromatic rings. The quantitative estimate of drug-likeness (QED) is 0.0261. The minimum Gasteiger partial charge on any atom is -0.462 e. The van der Waals surface area contributed by atoms with E-state index in [1.54, 1.807) is 0 Å². The molecule has 0 aliphatic heterocycles. The maximum atomic E-state index is 12.8. The maximum Gasteiger partial charge on any atom is 0.306 e. The predicted octanol–water partition coefficient (Wildman–Crippen LogP) is 21.7. The summed E-state index contributed by atoms with van der Waals surface area (Å²) in [6, 6.07) is 0. The van der Waals surface area contributed by atoms with Gasteiger partial charge in [-0.3, -0.25) is 14.4 Å². The first-order valence-electron chi connectivity index (χ1n) is 32.2. The van der Waals surface area contributed by atoms with Crippen LogP contribution < -0.4 is 0 Å². The molecule has 1 atom stereocenters. The highest BCUT2D eigenvalue weighted by molar-refractivity contribution is 5.71. The Hall–Kier alpha value is -1.85. The zero-order valence-corrected chi connectivity index (χ0v) is 48.3. The van der Waals surface area contributed by atoms with E-state index < -0.39 is 6.10 Å². The fourth-order valence-corrected chi connectivity index (χ4v) is 9.91. The van der Waals surface area contributed by atoms with Gasteiger partial charge in [-0.15, -0.1) is 0 Å². The van der Waals surface area contributed by atoms with E-state index in [9.17, 15) is 14.4 Å². The summed E-state index contributed by atoms with van der Waals surface area (Å²) in [6.45, 7) is 6.65. The van der Waals surface area contributed by atoms with Gasteiger partial charge >= 0.3 is 17.9 Å². The molecular weight excluding hydrogens is 877 g/mol. The third-order valence-electron chi connectivity index (χ3n) is 14.8. The third-order valence-corrected chi connectivity index (χ3v) is 14.8. The largest absolute Gasteiger partial charge is 0.462 e. The summed E-state index contributed by atoms with van der Waals surface area (Å²) in [7, 11) is 0. The zero-order valence-electron chi connectivity index (χ0n) is 48.3.